The van der Waals surface area contributed by atoms with E-state index in [1.807, 2.05) is 6.08 Å². The minimum Gasteiger partial charge on any atom is -0.480 e. The summed E-state index contributed by atoms with van der Waals surface area (Å²) in [6, 6.07) is 0. The summed E-state index contributed by atoms with van der Waals surface area (Å²) < 4.78 is 0. The van der Waals surface area contributed by atoms with Crippen LogP contribution < -0.4 is 5.73 Å². The van der Waals surface area contributed by atoms with Crippen molar-refractivity contribution < 1.29 is 9.90 Å². The van der Waals surface area contributed by atoms with E-state index in [0.717, 1.165) is 6.42 Å². The van der Waals surface area contributed by atoms with E-state index in [1.54, 1.807) is 0 Å². The van der Waals surface area contributed by atoms with Crippen LogP contribution in [-0.4, -0.2) is 16.6 Å². The van der Waals surface area contributed by atoms with E-state index in [4.69, 9.17) is 10.8 Å². The molecule has 0 aromatic rings. The van der Waals surface area contributed by atoms with E-state index < -0.39 is 11.5 Å². The standard InChI is InChI=1S/C11H19NO2/c1-2-3-4-5-6-7-9-8-11(9,12)10(13)14/h6-7,9H,2-5,8,12H2,1H3,(H,13,14)/b7-6-. The van der Waals surface area contributed by atoms with Gasteiger partial charge in [-0.25, -0.2) is 0 Å². The average Bonchev–Trinajstić information content (AvgIpc) is 2.79. The number of carbonyl (C=O) groups is 1. The minimum absolute atomic E-state index is 0.0571. The topological polar surface area (TPSA) is 63.3 Å². The number of rotatable bonds is 6. The van der Waals surface area contributed by atoms with Gasteiger partial charge in [0.25, 0.3) is 0 Å². The largest absolute Gasteiger partial charge is 0.480 e. The van der Waals surface area contributed by atoms with Crippen LogP contribution in [0, 0.1) is 5.92 Å². The molecule has 1 saturated carbocycles. The van der Waals surface area contributed by atoms with Crippen molar-refractivity contribution in [1.82, 2.24) is 0 Å². The summed E-state index contributed by atoms with van der Waals surface area (Å²) >= 11 is 0. The van der Waals surface area contributed by atoms with Crippen molar-refractivity contribution >= 4 is 5.97 Å². The van der Waals surface area contributed by atoms with Crippen LogP contribution >= 0.6 is 0 Å². The lowest BCUT2D eigenvalue weighted by Gasteiger charge is -2.00. The van der Waals surface area contributed by atoms with Gasteiger partial charge in [0.05, 0.1) is 0 Å². The Morgan fingerprint density at radius 2 is 2.36 bits per heavy atom. The van der Waals surface area contributed by atoms with Crippen LogP contribution in [0.1, 0.15) is 39.0 Å². The van der Waals surface area contributed by atoms with Crippen molar-refractivity contribution in [2.45, 2.75) is 44.6 Å². The summed E-state index contributed by atoms with van der Waals surface area (Å²) in [5.41, 5.74) is 4.67. The lowest BCUT2D eigenvalue weighted by atomic mass is 10.1. The Bertz CT molecular complexity index is 237. The molecule has 1 aliphatic carbocycles. The van der Waals surface area contributed by atoms with Crippen LogP contribution in [0.2, 0.25) is 0 Å². The van der Waals surface area contributed by atoms with Crippen molar-refractivity contribution in [2.75, 3.05) is 0 Å². The van der Waals surface area contributed by atoms with Gasteiger partial charge in [-0.15, -0.1) is 0 Å². The zero-order chi connectivity index (χ0) is 10.6. The molecule has 0 saturated heterocycles. The number of carboxylic acids is 1. The van der Waals surface area contributed by atoms with Crippen LogP contribution in [-0.2, 0) is 4.79 Å². The zero-order valence-electron chi connectivity index (χ0n) is 8.70. The molecule has 3 nitrogen and oxygen atoms in total. The third-order valence-electron chi connectivity index (χ3n) is 2.80. The van der Waals surface area contributed by atoms with Crippen molar-refractivity contribution in [1.29, 1.82) is 0 Å². The highest BCUT2D eigenvalue weighted by atomic mass is 16.4. The summed E-state index contributed by atoms with van der Waals surface area (Å²) in [5.74, 6) is -0.817. The molecule has 3 N–H and O–H groups in total. The molecule has 1 rings (SSSR count). The molecule has 0 amide bonds. The van der Waals surface area contributed by atoms with Gasteiger partial charge in [0.15, 0.2) is 0 Å². The maximum atomic E-state index is 10.7. The van der Waals surface area contributed by atoms with E-state index in [-0.39, 0.29) is 5.92 Å². The highest BCUT2D eigenvalue weighted by molar-refractivity contribution is 5.83. The van der Waals surface area contributed by atoms with Gasteiger partial charge in [0.1, 0.15) is 5.54 Å². The molecule has 1 aliphatic rings. The second-order valence-corrected chi connectivity index (χ2v) is 4.08. The molecule has 0 bridgehead atoms. The Morgan fingerprint density at radius 1 is 1.64 bits per heavy atom. The predicted molar refractivity (Wildman–Crippen MR) is 55.9 cm³/mol. The van der Waals surface area contributed by atoms with Crippen molar-refractivity contribution in [2.24, 2.45) is 11.7 Å². The molecule has 1 fully saturated rings. The number of carboxylic acid groups (broad SMARTS) is 1. The number of hydrogen-bond acceptors (Lipinski definition) is 2. The average molecular weight is 197 g/mol. The van der Waals surface area contributed by atoms with Gasteiger partial charge in [0.2, 0.25) is 0 Å². The van der Waals surface area contributed by atoms with Crippen LogP contribution in [0.15, 0.2) is 12.2 Å². The molecule has 2 unspecified atom stereocenters. The summed E-state index contributed by atoms with van der Waals surface area (Å²) in [4.78, 5) is 10.7. The molecule has 0 spiro atoms. The fourth-order valence-corrected chi connectivity index (χ4v) is 1.56. The van der Waals surface area contributed by atoms with Gasteiger partial charge >= 0.3 is 5.97 Å². The van der Waals surface area contributed by atoms with Gasteiger partial charge in [0, 0.05) is 5.92 Å². The maximum absolute atomic E-state index is 10.7. The number of allylic oxidation sites excluding steroid dienone is 1. The highest BCUT2D eigenvalue weighted by Gasteiger charge is 2.56. The Kier molecular flexibility index (Phi) is 3.69. The Hall–Kier alpha value is -0.830. The predicted octanol–water partition coefficient (Wildman–Crippen LogP) is 1.92. The molecule has 0 radical (unpaired) electrons. The monoisotopic (exact) mass is 197 g/mol. The number of nitrogens with two attached hydrogens (primary N) is 1. The van der Waals surface area contributed by atoms with Crippen molar-refractivity contribution in [3.63, 3.8) is 0 Å². The summed E-state index contributed by atoms with van der Waals surface area (Å²) in [7, 11) is 0. The zero-order valence-corrected chi connectivity index (χ0v) is 8.70. The fraction of sp³-hybridized carbons (Fsp3) is 0.727. The van der Waals surface area contributed by atoms with Crippen LogP contribution in [0.25, 0.3) is 0 Å². The first-order valence-electron chi connectivity index (χ1n) is 5.30. The van der Waals surface area contributed by atoms with E-state index >= 15 is 0 Å². The first kappa shape index (κ1) is 11.2. The van der Waals surface area contributed by atoms with E-state index in [0.29, 0.717) is 6.42 Å². The quantitative estimate of drug-likeness (QED) is 0.505. The second kappa shape index (κ2) is 4.60. The molecule has 0 aromatic carbocycles. The first-order valence-corrected chi connectivity index (χ1v) is 5.30. The molecular weight excluding hydrogens is 178 g/mol. The molecule has 0 aromatic heterocycles. The smallest absolute Gasteiger partial charge is 0.324 e. The van der Waals surface area contributed by atoms with Crippen LogP contribution in [0.5, 0.6) is 0 Å². The number of hydrogen-bond donors (Lipinski definition) is 2. The van der Waals surface area contributed by atoms with E-state index in [9.17, 15) is 4.79 Å². The molecule has 80 valence electrons. The third-order valence-corrected chi connectivity index (χ3v) is 2.80. The van der Waals surface area contributed by atoms with Gasteiger partial charge in [-0.1, -0.05) is 31.9 Å². The van der Waals surface area contributed by atoms with Crippen LogP contribution in [0.3, 0.4) is 0 Å². The molecule has 0 aliphatic heterocycles. The number of aliphatic carboxylic acids is 1. The van der Waals surface area contributed by atoms with Gasteiger partial charge in [-0.05, 0) is 19.3 Å². The molecule has 2 atom stereocenters. The highest BCUT2D eigenvalue weighted by Crippen LogP contribution is 2.42. The lowest BCUT2D eigenvalue weighted by molar-refractivity contribution is -0.139. The minimum atomic E-state index is -0.957. The number of unbranched alkanes of at least 4 members (excludes halogenated alkanes) is 3. The lowest BCUT2D eigenvalue weighted by Crippen LogP contribution is -2.34. The van der Waals surface area contributed by atoms with Crippen molar-refractivity contribution in [3.05, 3.63) is 12.2 Å². The molecule has 0 heterocycles. The molecular formula is C11H19NO2. The van der Waals surface area contributed by atoms with Crippen molar-refractivity contribution in [3.8, 4) is 0 Å². The molecule has 14 heavy (non-hydrogen) atoms. The normalized spacial score (nSPS) is 30.9. The van der Waals surface area contributed by atoms with Gasteiger partial charge in [-0.3, -0.25) is 4.79 Å². The summed E-state index contributed by atoms with van der Waals surface area (Å²) in [6.45, 7) is 2.17. The summed E-state index contributed by atoms with van der Waals surface area (Å²) in [5, 5.41) is 8.76. The maximum Gasteiger partial charge on any atom is 0.324 e. The molecule has 3 heteroatoms. The third kappa shape index (κ3) is 2.58. The second-order valence-electron chi connectivity index (χ2n) is 4.08. The first-order chi connectivity index (χ1) is 6.61. The van der Waals surface area contributed by atoms with Gasteiger partial charge < -0.3 is 10.8 Å². The Balaban J connectivity index is 2.18. The van der Waals surface area contributed by atoms with Crippen LogP contribution in [0.4, 0.5) is 0 Å². The van der Waals surface area contributed by atoms with Gasteiger partial charge in [-0.2, -0.15) is 0 Å². The van der Waals surface area contributed by atoms with E-state index in [1.165, 1.54) is 19.3 Å². The summed E-state index contributed by atoms with van der Waals surface area (Å²) in [6.07, 6.45) is 9.30. The SMILES string of the molecule is CCCCC/C=C\C1CC1(N)C(=O)O. The Morgan fingerprint density at radius 3 is 2.86 bits per heavy atom. The Labute approximate surface area is 85.0 Å². The fourth-order valence-electron chi connectivity index (χ4n) is 1.56. The van der Waals surface area contributed by atoms with E-state index in [2.05, 4.69) is 13.0 Å².